The zero-order chi connectivity index (χ0) is 17.1. The van der Waals surface area contributed by atoms with Crippen molar-refractivity contribution in [2.45, 2.75) is 0 Å². The molecule has 0 aliphatic rings. The number of para-hydroxylation sites is 1. The predicted octanol–water partition coefficient (Wildman–Crippen LogP) is 4.34. The third-order valence-corrected chi connectivity index (χ3v) is 4.02. The fourth-order valence-corrected chi connectivity index (χ4v) is 2.53. The molecule has 6 nitrogen and oxygen atoms in total. The van der Waals surface area contributed by atoms with Gasteiger partial charge in [0.2, 0.25) is 5.88 Å². The number of halogens is 1. The zero-order valence-electron chi connectivity index (χ0n) is 12.8. The second kappa shape index (κ2) is 6.84. The quantitative estimate of drug-likeness (QED) is 0.676. The van der Waals surface area contributed by atoms with Gasteiger partial charge in [0.1, 0.15) is 5.75 Å². The van der Waals surface area contributed by atoms with Crippen LogP contribution in [0.15, 0.2) is 63.2 Å². The van der Waals surface area contributed by atoms with Crippen molar-refractivity contribution in [3.63, 3.8) is 0 Å². The van der Waals surface area contributed by atoms with E-state index in [1.165, 1.54) is 0 Å². The molecule has 2 aromatic carbocycles. The van der Waals surface area contributed by atoms with Gasteiger partial charge in [-0.2, -0.15) is 0 Å². The first kappa shape index (κ1) is 16.2. The van der Waals surface area contributed by atoms with E-state index < -0.39 is 5.91 Å². The molecule has 0 aliphatic heterocycles. The Hall–Kier alpha value is -2.67. The van der Waals surface area contributed by atoms with Crippen LogP contribution in [0.2, 0.25) is 0 Å². The van der Waals surface area contributed by atoms with E-state index >= 15 is 0 Å². The van der Waals surface area contributed by atoms with Gasteiger partial charge in [0.15, 0.2) is 12.3 Å². The maximum Gasteiger partial charge on any atom is 0.302 e. The maximum atomic E-state index is 11.8. The van der Waals surface area contributed by atoms with Crippen molar-refractivity contribution < 1.29 is 14.6 Å². The Morgan fingerprint density at radius 2 is 1.92 bits per heavy atom. The fraction of sp³-hybridized carbons (Fsp3) is 0.118. The monoisotopic (exact) mass is 387 g/mol. The van der Waals surface area contributed by atoms with E-state index in [1.54, 1.807) is 23.7 Å². The minimum absolute atomic E-state index is 0.0402. The normalized spacial score (nSPS) is 11.2. The Morgan fingerprint density at radius 3 is 2.67 bits per heavy atom. The number of ether oxygens (including phenoxy) is 1. The van der Waals surface area contributed by atoms with Crippen LogP contribution < -0.4 is 4.74 Å². The summed E-state index contributed by atoms with van der Waals surface area (Å²) in [5.74, 6) is -0.0124. The van der Waals surface area contributed by atoms with Crippen LogP contribution in [0.3, 0.4) is 0 Å². The van der Waals surface area contributed by atoms with Crippen LogP contribution in [0.25, 0.3) is 10.9 Å². The van der Waals surface area contributed by atoms with Crippen molar-refractivity contribution in [3.05, 3.63) is 53.0 Å². The molecule has 122 valence electrons. The number of aromatic nitrogens is 1. The summed E-state index contributed by atoms with van der Waals surface area (Å²) in [5.41, 5.74) is 1.08. The van der Waals surface area contributed by atoms with Gasteiger partial charge in [0.25, 0.3) is 0 Å². The molecule has 1 heterocycles. The van der Waals surface area contributed by atoms with Crippen LogP contribution in [-0.4, -0.2) is 22.2 Å². The Bertz CT molecular complexity index is 917. The van der Waals surface area contributed by atoms with E-state index in [0.717, 1.165) is 15.4 Å². The molecule has 24 heavy (non-hydrogen) atoms. The summed E-state index contributed by atoms with van der Waals surface area (Å²) in [7, 11) is 1.72. The largest absolute Gasteiger partial charge is 0.493 e. The summed E-state index contributed by atoms with van der Waals surface area (Å²) in [6.45, 7) is -0.226. The molecule has 0 atom stereocenters. The molecule has 0 radical (unpaired) electrons. The molecule has 1 N–H and O–H groups in total. The summed E-state index contributed by atoms with van der Waals surface area (Å²) in [4.78, 5) is 11.8. The van der Waals surface area contributed by atoms with E-state index in [0.29, 0.717) is 5.75 Å². The average molecular weight is 388 g/mol. The summed E-state index contributed by atoms with van der Waals surface area (Å²) in [6, 6.07) is 14.5. The molecule has 3 rings (SSSR count). The number of aromatic hydroxyl groups is 1. The molecular formula is C17H14BrN3O3. The lowest BCUT2D eigenvalue weighted by atomic mass is 10.2. The minimum atomic E-state index is -0.537. The standard InChI is InChI=1S/C17H14BrN3O3/c1-21-14-5-3-2-4-13(14)16(17(21)23)20-19-15(22)10-24-12-8-6-11(18)7-9-12/h2-9,23H,10H2,1H3. The molecular weight excluding hydrogens is 374 g/mol. The van der Waals surface area contributed by atoms with Crippen LogP contribution in [0.1, 0.15) is 0 Å². The molecule has 1 aromatic heterocycles. The second-order valence-electron chi connectivity index (χ2n) is 5.08. The lowest BCUT2D eigenvalue weighted by Gasteiger charge is -2.02. The second-order valence-corrected chi connectivity index (χ2v) is 6.00. The average Bonchev–Trinajstić information content (AvgIpc) is 2.84. The van der Waals surface area contributed by atoms with Gasteiger partial charge in [-0.3, -0.25) is 4.79 Å². The van der Waals surface area contributed by atoms with E-state index in [-0.39, 0.29) is 18.2 Å². The van der Waals surface area contributed by atoms with Crippen molar-refractivity contribution in [2.75, 3.05) is 6.61 Å². The van der Waals surface area contributed by atoms with Gasteiger partial charge in [0.05, 0.1) is 5.52 Å². The van der Waals surface area contributed by atoms with Gasteiger partial charge in [0, 0.05) is 16.9 Å². The zero-order valence-corrected chi connectivity index (χ0v) is 14.4. The third-order valence-electron chi connectivity index (χ3n) is 3.49. The smallest absolute Gasteiger partial charge is 0.302 e. The van der Waals surface area contributed by atoms with Crippen molar-refractivity contribution in [2.24, 2.45) is 17.3 Å². The van der Waals surface area contributed by atoms with Gasteiger partial charge in [-0.05, 0) is 30.3 Å². The first-order chi connectivity index (χ1) is 11.6. The molecule has 0 fully saturated rings. The number of hydrogen-bond acceptors (Lipinski definition) is 4. The molecule has 0 aliphatic carbocycles. The lowest BCUT2D eigenvalue weighted by Crippen LogP contribution is -2.07. The highest BCUT2D eigenvalue weighted by Gasteiger charge is 2.14. The highest BCUT2D eigenvalue weighted by atomic mass is 79.9. The van der Waals surface area contributed by atoms with Crippen LogP contribution in [0.4, 0.5) is 5.69 Å². The first-order valence-electron chi connectivity index (χ1n) is 7.15. The number of azo groups is 1. The molecule has 0 unspecified atom stereocenters. The summed E-state index contributed by atoms with van der Waals surface area (Å²) >= 11 is 3.32. The van der Waals surface area contributed by atoms with Crippen LogP contribution in [0.5, 0.6) is 11.6 Å². The van der Waals surface area contributed by atoms with E-state index in [9.17, 15) is 9.90 Å². The fourth-order valence-electron chi connectivity index (χ4n) is 2.27. The topological polar surface area (TPSA) is 76.2 Å². The number of carbonyl (C=O) groups is 1. The number of carbonyl (C=O) groups excluding carboxylic acids is 1. The molecule has 0 bridgehead atoms. The Morgan fingerprint density at radius 1 is 1.21 bits per heavy atom. The molecule has 1 amide bonds. The SMILES string of the molecule is Cn1c(O)c(N=NC(=O)COc2ccc(Br)cc2)c2ccccc21. The molecule has 0 spiro atoms. The molecule has 0 saturated carbocycles. The van der Waals surface area contributed by atoms with Crippen molar-refractivity contribution >= 4 is 38.4 Å². The van der Waals surface area contributed by atoms with Crippen molar-refractivity contribution in [1.82, 2.24) is 4.57 Å². The number of fused-ring (bicyclic) bond motifs is 1. The van der Waals surface area contributed by atoms with Gasteiger partial charge in [-0.1, -0.05) is 34.1 Å². The Balaban J connectivity index is 1.72. The lowest BCUT2D eigenvalue weighted by molar-refractivity contribution is -0.120. The summed E-state index contributed by atoms with van der Waals surface area (Å²) < 4.78 is 7.86. The maximum absolute atomic E-state index is 11.8. The van der Waals surface area contributed by atoms with Crippen LogP contribution >= 0.6 is 15.9 Å². The van der Waals surface area contributed by atoms with Gasteiger partial charge in [-0.25, -0.2) is 0 Å². The number of rotatable bonds is 4. The van der Waals surface area contributed by atoms with E-state index in [1.807, 2.05) is 36.4 Å². The van der Waals surface area contributed by atoms with Gasteiger partial charge < -0.3 is 14.4 Å². The first-order valence-corrected chi connectivity index (χ1v) is 7.95. The molecule has 7 heteroatoms. The van der Waals surface area contributed by atoms with E-state index in [4.69, 9.17) is 4.74 Å². The van der Waals surface area contributed by atoms with Gasteiger partial charge in [-0.15, -0.1) is 10.2 Å². The minimum Gasteiger partial charge on any atom is -0.493 e. The van der Waals surface area contributed by atoms with Gasteiger partial charge >= 0.3 is 5.91 Å². The van der Waals surface area contributed by atoms with Crippen molar-refractivity contribution in [1.29, 1.82) is 0 Å². The Labute approximate surface area is 146 Å². The number of nitrogens with zero attached hydrogens (tertiary/aromatic N) is 3. The molecule has 0 saturated heterocycles. The summed E-state index contributed by atoms with van der Waals surface area (Å²) in [6.07, 6.45) is 0. The highest BCUT2D eigenvalue weighted by molar-refractivity contribution is 9.10. The van der Waals surface area contributed by atoms with E-state index in [2.05, 4.69) is 26.2 Å². The number of hydrogen-bond donors (Lipinski definition) is 1. The number of amides is 1. The number of aryl methyl sites for hydroxylation is 1. The van der Waals surface area contributed by atoms with Crippen LogP contribution in [0, 0.1) is 0 Å². The third kappa shape index (κ3) is 3.30. The predicted molar refractivity (Wildman–Crippen MR) is 93.7 cm³/mol. The number of benzene rings is 2. The Kier molecular flexibility index (Phi) is 4.61. The highest BCUT2D eigenvalue weighted by Crippen LogP contribution is 2.37. The van der Waals surface area contributed by atoms with Crippen LogP contribution in [-0.2, 0) is 11.8 Å². The van der Waals surface area contributed by atoms with Crippen molar-refractivity contribution in [3.8, 4) is 11.6 Å². The summed E-state index contributed by atoms with van der Waals surface area (Å²) in [5, 5.41) is 18.4. The molecule has 3 aromatic rings.